The number of esters is 1. The lowest BCUT2D eigenvalue weighted by molar-refractivity contribution is -0.134. The molecule has 0 fully saturated rings. The van der Waals surface area contributed by atoms with Crippen molar-refractivity contribution in [1.29, 1.82) is 0 Å². The molecule has 8 nitrogen and oxygen atoms in total. The van der Waals surface area contributed by atoms with Crippen LogP contribution in [0.2, 0.25) is 10.0 Å². The molecule has 3 aromatic carbocycles. The van der Waals surface area contributed by atoms with Crippen molar-refractivity contribution < 1.29 is 14.3 Å². The minimum Gasteiger partial charge on any atom is -0.422 e. The highest BCUT2D eigenvalue weighted by atomic mass is 127. The normalized spacial score (nSPS) is 11.1. The Morgan fingerprint density at radius 3 is 2.42 bits per heavy atom. The van der Waals surface area contributed by atoms with Crippen LogP contribution in [0.15, 0.2) is 64.2 Å². The van der Waals surface area contributed by atoms with Crippen molar-refractivity contribution in [1.82, 2.24) is 9.55 Å². The molecule has 1 amide bonds. The van der Waals surface area contributed by atoms with E-state index in [9.17, 15) is 19.2 Å². The van der Waals surface area contributed by atoms with Crippen LogP contribution in [0.25, 0.3) is 16.6 Å². The Bertz CT molecular complexity index is 1660. The minimum absolute atomic E-state index is 0.0158. The summed E-state index contributed by atoms with van der Waals surface area (Å²) in [5.41, 5.74) is -0.924. The summed E-state index contributed by atoms with van der Waals surface area (Å²) in [4.78, 5) is 55.2. The minimum atomic E-state index is -0.735. The number of carbonyl (C=O) groups is 2. The molecule has 4 rings (SSSR count). The second-order valence-electron chi connectivity index (χ2n) is 8.87. The third-order valence-electron chi connectivity index (χ3n) is 5.67. The predicted octanol–water partition coefficient (Wildman–Crippen LogP) is 6.18. The number of nitrogens with one attached hydrogen (secondary N) is 2. The maximum Gasteiger partial charge on any atom is 0.333 e. The zero-order chi connectivity index (χ0) is 27.6. The maximum absolute atomic E-state index is 13.5. The van der Waals surface area contributed by atoms with Crippen molar-refractivity contribution in [3.05, 3.63) is 94.6 Å². The maximum atomic E-state index is 13.5. The second kappa shape index (κ2) is 11.7. The number of para-hydroxylation sites is 1. The van der Waals surface area contributed by atoms with Gasteiger partial charge in [-0.2, -0.15) is 0 Å². The van der Waals surface area contributed by atoms with E-state index in [0.717, 1.165) is 8.14 Å². The number of anilines is 1. The van der Waals surface area contributed by atoms with Gasteiger partial charge in [-0.25, -0.2) is 9.36 Å². The standard InChI is InChI=1S/C27H22Cl2IN3O5/c1-14(2)9-12-22(34)38-24-20(31-25(35)23-17(28)5-3-6-18(23)29)7-4-8-21(24)33-26(36)16-13-15(30)10-11-19(16)32-27(33)37/h3-8,10-11,13-14H,9,12H2,1-2H3,(H,31,35)(H,32,37). The van der Waals surface area contributed by atoms with Gasteiger partial charge in [0.05, 0.1) is 37.9 Å². The molecule has 0 atom stereocenters. The first-order valence-electron chi connectivity index (χ1n) is 11.6. The Kier molecular flexibility index (Phi) is 8.59. The number of nitrogens with zero attached hydrogens (tertiary/aromatic N) is 1. The van der Waals surface area contributed by atoms with E-state index in [2.05, 4.69) is 32.9 Å². The van der Waals surface area contributed by atoms with Gasteiger partial charge in [-0.05, 0) is 77.4 Å². The van der Waals surface area contributed by atoms with Gasteiger partial charge in [-0.1, -0.05) is 49.2 Å². The second-order valence-corrected chi connectivity index (χ2v) is 10.9. The fourth-order valence-corrected chi connectivity index (χ4v) is 4.84. The van der Waals surface area contributed by atoms with Crippen LogP contribution in [0.3, 0.4) is 0 Å². The number of H-pyrrole nitrogens is 1. The van der Waals surface area contributed by atoms with E-state index >= 15 is 0 Å². The average Bonchev–Trinajstić information content (AvgIpc) is 2.85. The highest BCUT2D eigenvalue weighted by Gasteiger charge is 2.23. The Morgan fingerprint density at radius 2 is 1.74 bits per heavy atom. The predicted molar refractivity (Wildman–Crippen MR) is 157 cm³/mol. The Balaban J connectivity index is 1.88. The summed E-state index contributed by atoms with van der Waals surface area (Å²) >= 11 is 14.5. The van der Waals surface area contributed by atoms with Crippen molar-refractivity contribution in [3.8, 4) is 11.4 Å². The summed E-state index contributed by atoms with van der Waals surface area (Å²) in [5, 5.41) is 3.18. The number of hydrogen-bond donors (Lipinski definition) is 2. The number of ether oxygens (including phenoxy) is 1. The molecule has 11 heteroatoms. The number of amides is 1. The Hall–Kier alpha value is -3.15. The molecule has 4 aromatic rings. The summed E-state index contributed by atoms with van der Waals surface area (Å²) in [6.45, 7) is 3.94. The molecule has 0 saturated heterocycles. The van der Waals surface area contributed by atoms with Gasteiger partial charge in [0, 0.05) is 9.99 Å². The van der Waals surface area contributed by atoms with Gasteiger partial charge in [0.15, 0.2) is 5.75 Å². The van der Waals surface area contributed by atoms with Crippen molar-refractivity contribution in [3.63, 3.8) is 0 Å². The molecule has 0 spiro atoms. The molecule has 196 valence electrons. The van der Waals surface area contributed by atoms with Crippen LogP contribution < -0.4 is 21.3 Å². The van der Waals surface area contributed by atoms with Gasteiger partial charge in [-0.15, -0.1) is 0 Å². The van der Waals surface area contributed by atoms with E-state index in [4.69, 9.17) is 27.9 Å². The van der Waals surface area contributed by atoms with Crippen molar-refractivity contribution in [2.75, 3.05) is 5.32 Å². The molecule has 0 aliphatic carbocycles. The summed E-state index contributed by atoms with van der Waals surface area (Å²) in [7, 11) is 0. The molecule has 0 aliphatic rings. The van der Waals surface area contributed by atoms with Crippen LogP contribution in [0.1, 0.15) is 37.0 Å². The largest absolute Gasteiger partial charge is 0.422 e. The van der Waals surface area contributed by atoms with E-state index < -0.39 is 23.1 Å². The molecule has 38 heavy (non-hydrogen) atoms. The van der Waals surface area contributed by atoms with Crippen LogP contribution in [0.5, 0.6) is 5.75 Å². The molecule has 0 bridgehead atoms. The third kappa shape index (κ3) is 5.95. The molecular weight excluding hydrogens is 644 g/mol. The summed E-state index contributed by atoms with van der Waals surface area (Å²) in [6, 6.07) is 14.1. The van der Waals surface area contributed by atoms with Crippen molar-refractivity contribution >= 4 is 74.3 Å². The van der Waals surface area contributed by atoms with E-state index in [1.165, 1.54) is 30.3 Å². The van der Waals surface area contributed by atoms with E-state index in [1.807, 2.05) is 13.8 Å². The SMILES string of the molecule is CC(C)CCC(=O)Oc1c(NC(=O)c2c(Cl)cccc2Cl)cccc1-n1c(=O)[nH]c2ccc(I)cc2c1=O. The lowest BCUT2D eigenvalue weighted by atomic mass is 10.1. The van der Waals surface area contributed by atoms with Crippen LogP contribution in [-0.4, -0.2) is 21.4 Å². The first kappa shape index (κ1) is 27.9. The molecule has 0 aliphatic heterocycles. The summed E-state index contributed by atoms with van der Waals surface area (Å²) < 4.78 is 7.36. The van der Waals surface area contributed by atoms with Crippen LogP contribution in [0.4, 0.5) is 5.69 Å². The van der Waals surface area contributed by atoms with E-state index in [-0.39, 0.29) is 50.5 Å². The van der Waals surface area contributed by atoms with Gasteiger partial charge in [-0.3, -0.25) is 14.4 Å². The molecule has 1 aromatic heterocycles. The average molecular weight is 666 g/mol. The fourth-order valence-electron chi connectivity index (χ4n) is 3.78. The van der Waals surface area contributed by atoms with E-state index in [0.29, 0.717) is 11.9 Å². The van der Waals surface area contributed by atoms with Gasteiger partial charge < -0.3 is 15.0 Å². The smallest absolute Gasteiger partial charge is 0.333 e. The Labute approximate surface area is 241 Å². The summed E-state index contributed by atoms with van der Waals surface area (Å²) in [6.07, 6.45) is 0.657. The molecule has 0 saturated carbocycles. The first-order valence-corrected chi connectivity index (χ1v) is 13.4. The fraction of sp³-hybridized carbons (Fsp3) is 0.185. The molecule has 0 radical (unpaired) electrons. The lowest BCUT2D eigenvalue weighted by Crippen LogP contribution is -2.34. The number of carbonyl (C=O) groups excluding carboxylic acids is 2. The zero-order valence-electron chi connectivity index (χ0n) is 20.3. The van der Waals surface area contributed by atoms with Gasteiger partial charge in [0.1, 0.15) is 0 Å². The van der Waals surface area contributed by atoms with Gasteiger partial charge in [0.25, 0.3) is 11.5 Å². The first-order chi connectivity index (χ1) is 18.1. The number of halogens is 3. The number of aromatic amines is 1. The number of hydrogen-bond acceptors (Lipinski definition) is 5. The molecule has 2 N–H and O–H groups in total. The zero-order valence-corrected chi connectivity index (χ0v) is 24.0. The molecular formula is C27H22Cl2IN3O5. The Morgan fingerprint density at radius 1 is 1.05 bits per heavy atom. The van der Waals surface area contributed by atoms with Crippen molar-refractivity contribution in [2.24, 2.45) is 5.92 Å². The quantitative estimate of drug-likeness (QED) is 0.139. The van der Waals surface area contributed by atoms with Gasteiger partial charge in [0.2, 0.25) is 0 Å². The molecule has 0 unspecified atom stereocenters. The number of benzene rings is 3. The van der Waals surface area contributed by atoms with Crippen LogP contribution in [0, 0.1) is 9.49 Å². The van der Waals surface area contributed by atoms with Crippen LogP contribution in [-0.2, 0) is 4.79 Å². The number of aromatic nitrogens is 2. The highest BCUT2D eigenvalue weighted by molar-refractivity contribution is 14.1. The lowest BCUT2D eigenvalue weighted by Gasteiger charge is -2.17. The topological polar surface area (TPSA) is 110 Å². The number of fused-ring (bicyclic) bond motifs is 1. The molecule has 1 heterocycles. The van der Waals surface area contributed by atoms with Crippen molar-refractivity contribution in [2.45, 2.75) is 26.7 Å². The third-order valence-corrected chi connectivity index (χ3v) is 6.98. The van der Waals surface area contributed by atoms with E-state index in [1.54, 1.807) is 24.3 Å². The monoisotopic (exact) mass is 665 g/mol. The highest BCUT2D eigenvalue weighted by Crippen LogP contribution is 2.33. The van der Waals surface area contributed by atoms with Gasteiger partial charge >= 0.3 is 11.7 Å². The summed E-state index contributed by atoms with van der Waals surface area (Å²) in [5.74, 6) is -1.16. The number of rotatable bonds is 7. The van der Waals surface area contributed by atoms with Crippen LogP contribution >= 0.6 is 45.8 Å².